The molecule has 9 heteroatoms. The van der Waals surface area contributed by atoms with Crippen LogP contribution in [0.4, 0.5) is 5.69 Å². The van der Waals surface area contributed by atoms with Gasteiger partial charge < -0.3 is 0 Å². The number of amides is 4. The van der Waals surface area contributed by atoms with Crippen LogP contribution in [0.15, 0.2) is 77.4 Å². The normalized spacial score (nSPS) is 14.3. The van der Waals surface area contributed by atoms with Gasteiger partial charge in [-0.05, 0) is 43.2 Å². The highest BCUT2D eigenvalue weighted by molar-refractivity contribution is 7.14. The Bertz CT molecular complexity index is 1640. The average Bonchev–Trinajstić information content (AvgIpc) is 3.24. The average molecular weight is 521 g/mol. The molecule has 2 heterocycles. The van der Waals surface area contributed by atoms with E-state index < -0.39 is 23.6 Å². The number of carbonyl (C=O) groups is 4. The molecule has 0 unspecified atom stereocenters. The minimum atomic E-state index is -1.07. The molecule has 3 aromatic rings. The van der Waals surface area contributed by atoms with E-state index in [9.17, 15) is 24.4 Å². The van der Waals surface area contributed by atoms with Crippen molar-refractivity contribution in [3.8, 4) is 17.2 Å². The highest BCUT2D eigenvalue weighted by atomic mass is 32.1. The van der Waals surface area contributed by atoms with Crippen LogP contribution in [0.3, 0.4) is 0 Å². The highest BCUT2D eigenvalue weighted by Crippen LogP contribution is 2.44. The number of nitriles is 1. The van der Waals surface area contributed by atoms with Gasteiger partial charge >= 0.3 is 0 Å². The maximum atomic E-state index is 13.8. The van der Waals surface area contributed by atoms with Crippen LogP contribution in [0.1, 0.15) is 34.0 Å². The van der Waals surface area contributed by atoms with E-state index >= 15 is 0 Å². The van der Waals surface area contributed by atoms with Crippen LogP contribution in [0.25, 0.3) is 22.0 Å². The number of hydrogen-bond acceptors (Lipinski definition) is 6. The first kappa shape index (κ1) is 26.0. The number of rotatable bonds is 4. The van der Waals surface area contributed by atoms with E-state index in [2.05, 4.69) is 4.85 Å². The van der Waals surface area contributed by atoms with Gasteiger partial charge in [-0.25, -0.2) is 4.85 Å². The number of hydrazine groups is 1. The molecule has 8 nitrogen and oxygen atoms in total. The summed E-state index contributed by atoms with van der Waals surface area (Å²) in [5.41, 5.74) is 1.59. The summed E-state index contributed by atoms with van der Waals surface area (Å²) >= 11 is 1.29. The van der Waals surface area contributed by atoms with Crippen molar-refractivity contribution in [3.63, 3.8) is 0 Å². The number of benzene rings is 2. The van der Waals surface area contributed by atoms with Gasteiger partial charge in [-0.2, -0.15) is 26.6 Å². The van der Waals surface area contributed by atoms with Crippen LogP contribution >= 0.6 is 11.3 Å². The molecule has 0 radical (unpaired) electrons. The lowest BCUT2D eigenvalue weighted by Gasteiger charge is -2.34. The van der Waals surface area contributed by atoms with E-state index in [1.165, 1.54) is 36.5 Å². The molecule has 0 fully saturated rings. The van der Waals surface area contributed by atoms with Crippen molar-refractivity contribution in [2.45, 2.75) is 20.8 Å². The molecule has 2 aromatic carbocycles. The fourth-order valence-electron chi connectivity index (χ4n) is 4.14. The number of carbonyl (C=O) groups excluding carboxylic acids is 4. The smallest absolute Gasteiger partial charge is 0.273 e. The van der Waals surface area contributed by atoms with Crippen molar-refractivity contribution in [1.82, 2.24) is 10.0 Å². The zero-order valence-electron chi connectivity index (χ0n) is 20.7. The summed E-state index contributed by atoms with van der Waals surface area (Å²) in [4.78, 5) is 57.9. The van der Waals surface area contributed by atoms with E-state index in [0.29, 0.717) is 26.1 Å². The van der Waals surface area contributed by atoms with Crippen LogP contribution in [0.2, 0.25) is 0 Å². The Kier molecular flexibility index (Phi) is 7.15. The second-order valence-corrected chi connectivity index (χ2v) is 9.57. The molecule has 186 valence electrons. The Labute approximate surface area is 223 Å². The van der Waals surface area contributed by atoms with E-state index in [1.807, 2.05) is 36.4 Å². The molecule has 4 rings (SSSR count). The lowest BCUT2D eigenvalue weighted by molar-refractivity contribution is -0.163. The van der Waals surface area contributed by atoms with Gasteiger partial charge in [0.05, 0.1) is 6.57 Å². The standard InChI is InChI=1S/C29H20N4O4S/c1-17-22(15-24-25(20-11-7-5-8-12-20)26(31-4)18(2)38-24)28(36)33(29(37)23(17)16-30)32(19(3)34)27(35)21-13-9-6-10-14-21/h5-15H,1-3H3/b22-15-. The van der Waals surface area contributed by atoms with Crippen LogP contribution in [-0.4, -0.2) is 33.6 Å². The van der Waals surface area contributed by atoms with Gasteiger partial charge in [-0.15, -0.1) is 0 Å². The summed E-state index contributed by atoms with van der Waals surface area (Å²) in [5, 5.41) is 10.7. The van der Waals surface area contributed by atoms with Crippen molar-refractivity contribution in [1.29, 1.82) is 5.26 Å². The molecule has 1 aliphatic rings. The van der Waals surface area contributed by atoms with Crippen LogP contribution in [-0.2, 0) is 14.4 Å². The molecule has 0 saturated carbocycles. The Balaban J connectivity index is 1.93. The molecule has 0 spiro atoms. The van der Waals surface area contributed by atoms with Crippen molar-refractivity contribution >= 4 is 46.7 Å². The SMILES string of the molecule is [C-]#[N+]c1c(C)sc(/C=C2\C(=O)N(N(C(C)=O)C(=O)c3ccccc3)C(=O)C(C#N)=C2C)c1-c1ccccc1. The zero-order chi connectivity index (χ0) is 27.6. The monoisotopic (exact) mass is 520 g/mol. The van der Waals surface area contributed by atoms with Gasteiger partial charge in [-0.1, -0.05) is 48.5 Å². The van der Waals surface area contributed by atoms with Gasteiger partial charge in [0.2, 0.25) is 11.6 Å². The first-order valence-corrected chi connectivity index (χ1v) is 12.2. The fourth-order valence-corrected chi connectivity index (χ4v) is 5.20. The third-order valence-electron chi connectivity index (χ3n) is 5.96. The number of nitrogens with zero attached hydrogens (tertiary/aromatic N) is 4. The predicted octanol–water partition coefficient (Wildman–Crippen LogP) is 5.47. The number of imide groups is 2. The minimum absolute atomic E-state index is 0.0387. The van der Waals surface area contributed by atoms with Crippen LogP contribution in [0, 0.1) is 24.8 Å². The Morgan fingerprint density at radius 2 is 1.63 bits per heavy atom. The second-order valence-electron chi connectivity index (χ2n) is 8.32. The molecule has 0 N–H and O–H groups in total. The van der Waals surface area contributed by atoms with E-state index in [4.69, 9.17) is 6.57 Å². The first-order chi connectivity index (χ1) is 18.2. The molecule has 38 heavy (non-hydrogen) atoms. The Hall–Kier alpha value is -5.12. The number of thiophene rings is 1. The van der Waals surface area contributed by atoms with Gasteiger partial charge in [-0.3, -0.25) is 19.2 Å². The van der Waals surface area contributed by atoms with Crippen molar-refractivity contribution in [2.24, 2.45) is 0 Å². The number of hydrogen-bond donors (Lipinski definition) is 0. The molecular formula is C29H20N4O4S. The molecule has 1 aromatic heterocycles. The molecular weight excluding hydrogens is 500 g/mol. The Morgan fingerprint density at radius 1 is 1.03 bits per heavy atom. The molecule has 0 saturated heterocycles. The van der Waals surface area contributed by atoms with Gasteiger partial charge in [0.15, 0.2) is 0 Å². The number of aryl methyl sites for hydroxylation is 1. The lowest BCUT2D eigenvalue weighted by Crippen LogP contribution is -2.57. The van der Waals surface area contributed by atoms with E-state index in [-0.39, 0.29) is 22.3 Å². The highest BCUT2D eigenvalue weighted by Gasteiger charge is 2.43. The molecule has 4 amide bonds. The maximum Gasteiger partial charge on any atom is 0.291 e. The molecule has 0 bridgehead atoms. The molecule has 0 aliphatic carbocycles. The largest absolute Gasteiger partial charge is 0.291 e. The van der Waals surface area contributed by atoms with Crippen molar-refractivity contribution < 1.29 is 19.2 Å². The summed E-state index contributed by atoms with van der Waals surface area (Å²) in [5.74, 6) is -3.76. The van der Waals surface area contributed by atoms with Gasteiger partial charge in [0.25, 0.3) is 17.7 Å². The van der Waals surface area contributed by atoms with Crippen LogP contribution in [0.5, 0.6) is 0 Å². The predicted molar refractivity (Wildman–Crippen MR) is 142 cm³/mol. The maximum absolute atomic E-state index is 13.8. The van der Waals surface area contributed by atoms with Crippen molar-refractivity contribution in [3.05, 3.63) is 104 Å². The van der Waals surface area contributed by atoms with Gasteiger partial charge in [0.1, 0.15) is 11.6 Å². The summed E-state index contributed by atoms with van der Waals surface area (Å²) in [6.07, 6.45) is 1.51. The quantitative estimate of drug-likeness (QED) is 0.258. The summed E-state index contributed by atoms with van der Waals surface area (Å²) < 4.78 is 0. The Morgan fingerprint density at radius 3 is 2.18 bits per heavy atom. The minimum Gasteiger partial charge on any atom is -0.273 e. The summed E-state index contributed by atoms with van der Waals surface area (Å²) in [7, 11) is 0. The first-order valence-electron chi connectivity index (χ1n) is 11.4. The zero-order valence-corrected chi connectivity index (χ0v) is 21.5. The third-order valence-corrected chi connectivity index (χ3v) is 7.00. The van der Waals surface area contributed by atoms with E-state index in [0.717, 1.165) is 17.4 Å². The van der Waals surface area contributed by atoms with E-state index in [1.54, 1.807) is 25.1 Å². The van der Waals surface area contributed by atoms with Crippen LogP contribution < -0.4 is 0 Å². The second kappa shape index (κ2) is 10.5. The van der Waals surface area contributed by atoms with Gasteiger partial charge in [0, 0.05) is 33.4 Å². The fraction of sp³-hybridized carbons (Fsp3) is 0.103. The molecule has 1 aliphatic heterocycles. The molecule has 0 atom stereocenters. The third kappa shape index (κ3) is 4.43. The lowest BCUT2D eigenvalue weighted by atomic mass is 9.94. The topological polar surface area (TPSA) is 103 Å². The summed E-state index contributed by atoms with van der Waals surface area (Å²) in [6.45, 7) is 12.0. The van der Waals surface area contributed by atoms with Crippen molar-refractivity contribution in [2.75, 3.05) is 0 Å². The summed E-state index contributed by atoms with van der Waals surface area (Å²) in [6, 6.07) is 18.8.